The van der Waals surface area contributed by atoms with Gasteiger partial charge in [0, 0.05) is 36.5 Å². The minimum atomic E-state index is -0.461. The van der Waals surface area contributed by atoms with E-state index in [1.54, 1.807) is 13.8 Å². The molecule has 1 saturated carbocycles. The van der Waals surface area contributed by atoms with Crippen LogP contribution in [0.5, 0.6) is 0 Å². The summed E-state index contributed by atoms with van der Waals surface area (Å²) in [5.41, 5.74) is 0.411. The lowest BCUT2D eigenvalue weighted by Crippen LogP contribution is -2.51. The van der Waals surface area contributed by atoms with Crippen LogP contribution in [0.1, 0.15) is 53.9 Å². The third kappa shape index (κ3) is 3.57. The molecule has 2 rings (SSSR count). The van der Waals surface area contributed by atoms with Gasteiger partial charge in [0.05, 0.1) is 0 Å². The van der Waals surface area contributed by atoms with Crippen LogP contribution < -0.4 is 10.6 Å². The predicted molar refractivity (Wildman–Crippen MR) is 82.8 cm³/mol. The van der Waals surface area contributed by atoms with Crippen molar-refractivity contribution in [3.63, 3.8) is 0 Å². The van der Waals surface area contributed by atoms with E-state index in [1.807, 2.05) is 0 Å². The first-order chi connectivity index (χ1) is 9.68. The minimum Gasteiger partial charge on any atom is -0.350 e. The van der Waals surface area contributed by atoms with Gasteiger partial charge < -0.3 is 10.6 Å². The van der Waals surface area contributed by atoms with Crippen molar-refractivity contribution < 1.29 is 9.59 Å². The first-order valence-electron chi connectivity index (χ1n) is 8.03. The normalized spacial score (nSPS) is 25.7. The first kappa shape index (κ1) is 16.3. The van der Waals surface area contributed by atoms with Gasteiger partial charge in [0.1, 0.15) is 6.04 Å². The summed E-state index contributed by atoms with van der Waals surface area (Å²) in [6, 6.07) is -0.248. The summed E-state index contributed by atoms with van der Waals surface area (Å²) < 4.78 is 0. The summed E-state index contributed by atoms with van der Waals surface area (Å²) in [4.78, 5) is 26.1. The fraction of sp³-hybridized carbons (Fsp3) is 0.875. The number of nitrogens with one attached hydrogen (secondary N) is 2. The van der Waals surface area contributed by atoms with Gasteiger partial charge >= 0.3 is 0 Å². The molecule has 0 aromatic carbocycles. The smallest absolute Gasteiger partial charge is 0.242 e. The molecule has 2 N–H and O–H groups in total. The quantitative estimate of drug-likeness (QED) is 0.821. The number of carbonyl (C=O) groups excluding carboxylic acids is 2. The standard InChI is InChI=1S/C16H29N3O2/c1-6-13(20)17-11(2)14(21)18-12-9-19(15(3,4)5)10-16(12)7-8-16/h11-12H,6-10H2,1-5H3,(H,17,20)(H,18,21)/t11-,12?/m0/s1. The molecule has 2 aliphatic rings. The number of rotatable bonds is 4. The highest BCUT2D eigenvalue weighted by atomic mass is 16.2. The molecule has 120 valence electrons. The van der Waals surface area contributed by atoms with Crippen molar-refractivity contribution in [1.29, 1.82) is 0 Å². The summed E-state index contributed by atoms with van der Waals surface area (Å²) in [6.07, 6.45) is 2.79. The number of likely N-dealkylation sites (tertiary alicyclic amines) is 1. The lowest BCUT2D eigenvalue weighted by molar-refractivity contribution is -0.129. The Morgan fingerprint density at radius 3 is 2.43 bits per heavy atom. The van der Waals surface area contributed by atoms with Crippen molar-refractivity contribution in [2.24, 2.45) is 5.41 Å². The fourth-order valence-corrected chi connectivity index (χ4v) is 3.05. The molecule has 2 atom stereocenters. The third-order valence-corrected chi connectivity index (χ3v) is 4.90. The van der Waals surface area contributed by atoms with Crippen LogP contribution in [0.25, 0.3) is 0 Å². The molecule has 0 aromatic rings. The molecule has 5 heteroatoms. The summed E-state index contributed by atoms with van der Waals surface area (Å²) in [7, 11) is 0. The second-order valence-corrected chi connectivity index (χ2v) is 7.62. The molecular formula is C16H29N3O2. The van der Waals surface area contributed by atoms with Crippen molar-refractivity contribution >= 4 is 11.8 Å². The van der Waals surface area contributed by atoms with Gasteiger partial charge in [0.25, 0.3) is 0 Å². The molecule has 21 heavy (non-hydrogen) atoms. The molecule has 2 fully saturated rings. The van der Waals surface area contributed by atoms with Gasteiger partial charge in [-0.15, -0.1) is 0 Å². The number of carbonyl (C=O) groups is 2. The van der Waals surface area contributed by atoms with Crippen LogP contribution in [0.3, 0.4) is 0 Å². The van der Waals surface area contributed by atoms with Gasteiger partial charge in [-0.05, 0) is 40.5 Å². The van der Waals surface area contributed by atoms with E-state index < -0.39 is 6.04 Å². The van der Waals surface area contributed by atoms with Crippen molar-refractivity contribution in [2.45, 2.75) is 71.5 Å². The highest BCUT2D eigenvalue weighted by Gasteiger charge is 2.57. The topological polar surface area (TPSA) is 61.4 Å². The van der Waals surface area contributed by atoms with Gasteiger partial charge in [-0.25, -0.2) is 0 Å². The Balaban J connectivity index is 1.93. The summed E-state index contributed by atoms with van der Waals surface area (Å²) in [5, 5.41) is 5.90. The average Bonchev–Trinajstić information content (AvgIpc) is 3.06. The van der Waals surface area contributed by atoms with Crippen LogP contribution in [-0.2, 0) is 9.59 Å². The molecule has 2 amide bonds. The van der Waals surface area contributed by atoms with E-state index in [4.69, 9.17) is 0 Å². The van der Waals surface area contributed by atoms with Crippen LogP contribution >= 0.6 is 0 Å². The molecule has 1 aliphatic heterocycles. The SMILES string of the molecule is CCC(=O)N[C@@H](C)C(=O)NC1CN(C(C)(C)C)CC12CC2. The summed E-state index contributed by atoms with van der Waals surface area (Å²) in [6.45, 7) is 12.2. The van der Waals surface area contributed by atoms with E-state index in [-0.39, 0.29) is 28.8 Å². The van der Waals surface area contributed by atoms with Gasteiger partial charge in [-0.2, -0.15) is 0 Å². The lowest BCUT2D eigenvalue weighted by Gasteiger charge is -2.31. The lowest BCUT2D eigenvalue weighted by atomic mass is 10.0. The maximum atomic E-state index is 12.3. The van der Waals surface area contributed by atoms with E-state index >= 15 is 0 Å². The number of hydrogen-bond acceptors (Lipinski definition) is 3. The molecule has 1 spiro atoms. The van der Waals surface area contributed by atoms with Crippen LogP contribution in [0.4, 0.5) is 0 Å². The Morgan fingerprint density at radius 2 is 1.95 bits per heavy atom. The van der Waals surface area contributed by atoms with Crippen LogP contribution in [0.2, 0.25) is 0 Å². The van der Waals surface area contributed by atoms with Gasteiger partial charge in [0.15, 0.2) is 0 Å². The number of amides is 2. The van der Waals surface area contributed by atoms with Gasteiger partial charge in [0.2, 0.25) is 11.8 Å². The van der Waals surface area contributed by atoms with E-state index in [2.05, 4.69) is 36.3 Å². The largest absolute Gasteiger partial charge is 0.350 e. The Labute approximate surface area is 127 Å². The molecule has 1 heterocycles. The monoisotopic (exact) mass is 295 g/mol. The van der Waals surface area contributed by atoms with Crippen LogP contribution in [0.15, 0.2) is 0 Å². The fourth-order valence-electron chi connectivity index (χ4n) is 3.05. The van der Waals surface area contributed by atoms with Crippen molar-refractivity contribution in [3.8, 4) is 0 Å². The number of hydrogen-bond donors (Lipinski definition) is 2. The molecule has 5 nitrogen and oxygen atoms in total. The van der Waals surface area contributed by atoms with Crippen LogP contribution in [-0.4, -0.2) is 47.4 Å². The molecule has 0 bridgehead atoms. The first-order valence-corrected chi connectivity index (χ1v) is 8.03. The van der Waals surface area contributed by atoms with Crippen molar-refractivity contribution in [3.05, 3.63) is 0 Å². The molecule has 0 aromatic heterocycles. The third-order valence-electron chi connectivity index (χ3n) is 4.90. The Bertz CT molecular complexity index is 424. The highest BCUT2D eigenvalue weighted by molar-refractivity contribution is 5.87. The van der Waals surface area contributed by atoms with Gasteiger partial charge in [-0.3, -0.25) is 14.5 Å². The van der Waals surface area contributed by atoms with Crippen molar-refractivity contribution in [1.82, 2.24) is 15.5 Å². The molecular weight excluding hydrogens is 266 g/mol. The van der Waals surface area contributed by atoms with E-state index in [0.29, 0.717) is 6.42 Å². The number of nitrogens with zero attached hydrogens (tertiary/aromatic N) is 1. The molecule has 1 unspecified atom stereocenters. The summed E-state index contributed by atoms with van der Waals surface area (Å²) in [5.74, 6) is -0.148. The Kier molecular flexibility index (Phi) is 4.34. The van der Waals surface area contributed by atoms with E-state index in [9.17, 15) is 9.59 Å². The van der Waals surface area contributed by atoms with Crippen LogP contribution in [0, 0.1) is 5.41 Å². The minimum absolute atomic E-state index is 0.0659. The Hall–Kier alpha value is -1.10. The highest BCUT2D eigenvalue weighted by Crippen LogP contribution is 2.53. The molecule has 0 radical (unpaired) electrons. The van der Waals surface area contributed by atoms with E-state index in [1.165, 1.54) is 12.8 Å². The maximum absolute atomic E-state index is 12.3. The average molecular weight is 295 g/mol. The predicted octanol–water partition coefficient (Wildman–Crippen LogP) is 1.28. The Morgan fingerprint density at radius 1 is 1.33 bits per heavy atom. The molecule has 1 aliphatic carbocycles. The zero-order valence-corrected chi connectivity index (χ0v) is 14.0. The molecule has 1 saturated heterocycles. The maximum Gasteiger partial charge on any atom is 0.242 e. The zero-order chi connectivity index (χ0) is 15.8. The van der Waals surface area contributed by atoms with Gasteiger partial charge in [-0.1, -0.05) is 6.92 Å². The van der Waals surface area contributed by atoms with E-state index in [0.717, 1.165) is 13.1 Å². The van der Waals surface area contributed by atoms with Crippen molar-refractivity contribution in [2.75, 3.05) is 13.1 Å². The second kappa shape index (κ2) is 5.59. The zero-order valence-electron chi connectivity index (χ0n) is 14.0. The second-order valence-electron chi connectivity index (χ2n) is 7.62. The summed E-state index contributed by atoms with van der Waals surface area (Å²) >= 11 is 0.